The molecule has 0 heterocycles. The van der Waals surface area contributed by atoms with Gasteiger partial charge in [-0.1, -0.05) is 12.2 Å². The number of rotatable bonds is 4. The number of hydrogen-bond acceptors (Lipinski definition) is 3. The summed E-state index contributed by atoms with van der Waals surface area (Å²) in [6, 6.07) is 4.19. The molecule has 0 aromatic heterocycles. The molecular weight excluding hydrogens is 211 g/mol. The molecule has 1 aromatic carbocycles. The monoisotopic (exact) mass is 224 g/mol. The summed E-state index contributed by atoms with van der Waals surface area (Å²) >= 11 is 0. The van der Waals surface area contributed by atoms with Gasteiger partial charge in [-0.05, 0) is 18.2 Å². The molecule has 0 saturated carbocycles. The average Bonchev–Trinajstić information content (AvgIpc) is 2.29. The molecule has 0 aliphatic rings. The standard InChI is InChI=1S/C12H13FO3/c1-15-11-7-6-10(13)8-9(11)4-3-5-12(14)16-2/h3-4,6-8H,5H2,1-2H3. The smallest absolute Gasteiger partial charge is 0.309 e. The predicted octanol–water partition coefficient (Wildman–Crippen LogP) is 2.41. The van der Waals surface area contributed by atoms with Crippen molar-refractivity contribution in [2.45, 2.75) is 6.42 Å². The number of halogens is 1. The molecule has 4 heteroatoms. The zero-order valence-corrected chi connectivity index (χ0v) is 9.20. The molecule has 0 N–H and O–H groups in total. The molecule has 1 rings (SSSR count). The summed E-state index contributed by atoms with van der Waals surface area (Å²) in [4.78, 5) is 10.8. The number of ether oxygens (including phenoxy) is 2. The van der Waals surface area contributed by atoms with Crippen molar-refractivity contribution in [1.29, 1.82) is 0 Å². The van der Waals surface area contributed by atoms with Crippen LogP contribution < -0.4 is 4.74 Å². The van der Waals surface area contributed by atoms with Crippen molar-refractivity contribution in [3.05, 3.63) is 35.7 Å². The van der Waals surface area contributed by atoms with Gasteiger partial charge in [-0.2, -0.15) is 0 Å². The second-order valence-electron chi connectivity index (χ2n) is 3.07. The number of carbonyl (C=O) groups is 1. The molecule has 0 amide bonds. The summed E-state index contributed by atoms with van der Waals surface area (Å²) in [7, 11) is 2.82. The first-order chi connectivity index (χ1) is 7.67. The second kappa shape index (κ2) is 5.90. The summed E-state index contributed by atoms with van der Waals surface area (Å²) in [5.74, 6) is -0.132. The normalized spacial score (nSPS) is 10.4. The van der Waals surface area contributed by atoms with Crippen LogP contribution >= 0.6 is 0 Å². The first-order valence-corrected chi connectivity index (χ1v) is 4.74. The van der Waals surface area contributed by atoms with Crippen LogP contribution in [0.3, 0.4) is 0 Å². The van der Waals surface area contributed by atoms with E-state index in [9.17, 15) is 9.18 Å². The molecule has 0 radical (unpaired) electrons. The number of carbonyl (C=O) groups excluding carboxylic acids is 1. The Hall–Kier alpha value is -1.84. The van der Waals surface area contributed by atoms with Crippen LogP contribution in [0, 0.1) is 5.82 Å². The van der Waals surface area contributed by atoms with Gasteiger partial charge in [0.25, 0.3) is 0 Å². The highest BCUT2D eigenvalue weighted by molar-refractivity contribution is 5.73. The minimum absolute atomic E-state index is 0.149. The van der Waals surface area contributed by atoms with E-state index in [1.807, 2.05) is 0 Å². The van der Waals surface area contributed by atoms with Gasteiger partial charge >= 0.3 is 5.97 Å². The number of hydrogen-bond donors (Lipinski definition) is 0. The van der Waals surface area contributed by atoms with Crippen LogP contribution in [0.25, 0.3) is 6.08 Å². The maximum Gasteiger partial charge on any atom is 0.309 e. The molecule has 0 fully saturated rings. The third-order valence-electron chi connectivity index (χ3n) is 2.00. The maximum atomic E-state index is 13.0. The van der Waals surface area contributed by atoms with Gasteiger partial charge in [0.1, 0.15) is 11.6 Å². The van der Waals surface area contributed by atoms with Crippen molar-refractivity contribution in [1.82, 2.24) is 0 Å². The lowest BCUT2D eigenvalue weighted by molar-refractivity contribution is -0.139. The van der Waals surface area contributed by atoms with E-state index in [0.717, 1.165) is 0 Å². The first kappa shape index (κ1) is 12.2. The Labute approximate surface area is 93.5 Å². The maximum absolute atomic E-state index is 13.0. The third kappa shape index (κ3) is 3.38. The summed E-state index contributed by atoms with van der Waals surface area (Å²) < 4.78 is 22.5. The largest absolute Gasteiger partial charge is 0.496 e. The van der Waals surface area contributed by atoms with E-state index in [1.165, 1.54) is 32.4 Å². The van der Waals surface area contributed by atoms with Crippen molar-refractivity contribution < 1.29 is 18.7 Å². The predicted molar refractivity (Wildman–Crippen MR) is 58.6 cm³/mol. The Kier molecular flexibility index (Phi) is 4.51. The Balaban J connectivity index is 2.79. The lowest BCUT2D eigenvalue weighted by Crippen LogP contribution is -1.96. The molecule has 0 bridgehead atoms. The molecule has 0 unspecified atom stereocenters. The Morgan fingerprint density at radius 2 is 2.19 bits per heavy atom. The summed E-state index contributed by atoms with van der Waals surface area (Å²) in [6.07, 6.45) is 3.37. The molecule has 0 atom stereocenters. The van der Waals surface area contributed by atoms with Crippen LogP contribution in [-0.2, 0) is 9.53 Å². The minimum Gasteiger partial charge on any atom is -0.496 e. The highest BCUT2D eigenvalue weighted by atomic mass is 19.1. The summed E-state index contributed by atoms with van der Waals surface area (Å²) in [6.45, 7) is 0. The number of methoxy groups -OCH3 is 2. The molecule has 0 spiro atoms. The fourth-order valence-corrected chi connectivity index (χ4v) is 1.20. The molecule has 0 aliphatic heterocycles. The fourth-order valence-electron chi connectivity index (χ4n) is 1.20. The van der Waals surface area contributed by atoms with Crippen LogP contribution in [0.4, 0.5) is 4.39 Å². The molecule has 0 saturated heterocycles. The molecule has 0 aliphatic carbocycles. The van der Waals surface area contributed by atoms with E-state index >= 15 is 0 Å². The Morgan fingerprint density at radius 3 is 2.81 bits per heavy atom. The van der Waals surface area contributed by atoms with Gasteiger partial charge in [0.2, 0.25) is 0 Å². The van der Waals surface area contributed by atoms with Gasteiger partial charge in [-0.25, -0.2) is 4.39 Å². The van der Waals surface area contributed by atoms with E-state index < -0.39 is 0 Å². The zero-order valence-electron chi connectivity index (χ0n) is 9.20. The lowest BCUT2D eigenvalue weighted by atomic mass is 10.1. The lowest BCUT2D eigenvalue weighted by Gasteiger charge is -2.04. The van der Waals surface area contributed by atoms with Gasteiger partial charge < -0.3 is 9.47 Å². The van der Waals surface area contributed by atoms with Gasteiger partial charge in [0, 0.05) is 5.56 Å². The third-order valence-corrected chi connectivity index (χ3v) is 2.00. The molecule has 86 valence electrons. The van der Waals surface area contributed by atoms with E-state index in [4.69, 9.17) is 4.74 Å². The second-order valence-corrected chi connectivity index (χ2v) is 3.07. The van der Waals surface area contributed by atoms with Gasteiger partial charge in [0.05, 0.1) is 20.6 Å². The van der Waals surface area contributed by atoms with Crippen LogP contribution in [0.5, 0.6) is 5.75 Å². The van der Waals surface area contributed by atoms with Gasteiger partial charge in [-0.15, -0.1) is 0 Å². The van der Waals surface area contributed by atoms with Crippen molar-refractivity contribution in [3.63, 3.8) is 0 Å². The Morgan fingerprint density at radius 1 is 1.44 bits per heavy atom. The van der Waals surface area contributed by atoms with E-state index in [0.29, 0.717) is 11.3 Å². The van der Waals surface area contributed by atoms with Crippen molar-refractivity contribution >= 4 is 12.0 Å². The Bertz CT molecular complexity index is 399. The minimum atomic E-state index is -0.349. The highest BCUT2D eigenvalue weighted by Crippen LogP contribution is 2.20. The molecule has 1 aromatic rings. The van der Waals surface area contributed by atoms with E-state index in [2.05, 4.69) is 4.74 Å². The first-order valence-electron chi connectivity index (χ1n) is 4.74. The zero-order chi connectivity index (χ0) is 12.0. The highest BCUT2D eigenvalue weighted by Gasteiger charge is 2.01. The van der Waals surface area contributed by atoms with Crippen LogP contribution in [-0.4, -0.2) is 20.2 Å². The van der Waals surface area contributed by atoms with Crippen molar-refractivity contribution in [3.8, 4) is 5.75 Å². The van der Waals surface area contributed by atoms with E-state index in [1.54, 1.807) is 12.2 Å². The topological polar surface area (TPSA) is 35.5 Å². The molecule has 16 heavy (non-hydrogen) atoms. The average molecular weight is 224 g/mol. The van der Waals surface area contributed by atoms with E-state index in [-0.39, 0.29) is 18.2 Å². The van der Waals surface area contributed by atoms with Crippen LogP contribution in [0.2, 0.25) is 0 Å². The van der Waals surface area contributed by atoms with Crippen LogP contribution in [0.15, 0.2) is 24.3 Å². The summed E-state index contributed by atoms with van der Waals surface area (Å²) in [5.41, 5.74) is 0.589. The quantitative estimate of drug-likeness (QED) is 0.737. The van der Waals surface area contributed by atoms with Crippen molar-refractivity contribution in [2.24, 2.45) is 0 Å². The molecular formula is C12H13FO3. The fraction of sp³-hybridized carbons (Fsp3) is 0.250. The SMILES string of the molecule is COC(=O)CC=Cc1cc(F)ccc1OC. The number of esters is 1. The number of benzene rings is 1. The van der Waals surface area contributed by atoms with Gasteiger partial charge in [0.15, 0.2) is 0 Å². The van der Waals surface area contributed by atoms with Gasteiger partial charge in [-0.3, -0.25) is 4.79 Å². The molecule has 3 nitrogen and oxygen atoms in total. The van der Waals surface area contributed by atoms with Crippen molar-refractivity contribution in [2.75, 3.05) is 14.2 Å². The summed E-state index contributed by atoms with van der Waals surface area (Å²) in [5, 5.41) is 0. The van der Waals surface area contributed by atoms with Crippen LogP contribution in [0.1, 0.15) is 12.0 Å².